The van der Waals surface area contributed by atoms with Crippen LogP contribution in [0.4, 0.5) is 0 Å². The Bertz CT molecular complexity index is 465. The fraction of sp³-hybridized carbons (Fsp3) is 0.650. The molecule has 0 N–H and O–H groups in total. The van der Waals surface area contributed by atoms with Gasteiger partial charge in [-0.15, -0.1) is 0 Å². The van der Waals surface area contributed by atoms with Gasteiger partial charge in [0, 0.05) is 5.56 Å². The number of carbonyl (C=O) groups is 1. The van der Waals surface area contributed by atoms with Crippen LogP contribution in [-0.4, -0.2) is 5.78 Å². The largest absolute Gasteiger partial charge is 0.295 e. The van der Waals surface area contributed by atoms with E-state index in [0.29, 0.717) is 0 Å². The quantitative estimate of drug-likeness (QED) is 0.633. The monoisotopic (exact) mass is 288 g/mol. The summed E-state index contributed by atoms with van der Waals surface area (Å²) in [5.74, 6) is 1.88. The molecule has 1 fully saturated rings. The minimum atomic E-state index is 0.214. The van der Waals surface area contributed by atoms with Crippen LogP contribution in [0, 0.1) is 25.7 Å². The Morgan fingerprint density at radius 1 is 1.10 bits per heavy atom. The molecule has 21 heavy (non-hydrogen) atoms. The molecule has 1 aliphatic rings. The van der Waals surface area contributed by atoms with Gasteiger partial charge in [-0.2, -0.15) is 0 Å². The van der Waals surface area contributed by atoms with Gasteiger partial charge >= 0.3 is 0 Å². The lowest BCUT2D eigenvalue weighted by Gasteiger charge is -2.27. The van der Waals surface area contributed by atoms with Crippen LogP contribution in [0.2, 0.25) is 0 Å². The Kier molecular flexibility index (Phi) is 7.14. The number of hydrogen-bond acceptors (Lipinski definition) is 1. The average molecular weight is 288 g/mol. The number of Topliss-reactive ketones (excluding diaryl/α,β-unsaturated/α-hetero) is 1. The number of hydrogen-bond donors (Lipinski definition) is 0. The lowest BCUT2D eigenvalue weighted by molar-refractivity contribution is 0.101. The fourth-order valence-corrected chi connectivity index (χ4v) is 3.40. The summed E-state index contributed by atoms with van der Waals surface area (Å²) in [6, 6.07) is 4.28. The molecule has 0 aliphatic heterocycles. The molecule has 0 atom stereocenters. The van der Waals surface area contributed by atoms with Gasteiger partial charge in [-0.1, -0.05) is 45.2 Å². The molecule has 2 rings (SSSR count). The Hall–Kier alpha value is -1.11. The molecule has 0 spiro atoms. The summed E-state index contributed by atoms with van der Waals surface area (Å²) in [6.07, 6.45) is 6.45. The molecule has 1 heteroatoms. The Morgan fingerprint density at radius 2 is 1.67 bits per heavy atom. The molecule has 0 amide bonds. The van der Waals surface area contributed by atoms with Crippen molar-refractivity contribution in [3.8, 4) is 0 Å². The maximum Gasteiger partial charge on any atom is 0.160 e. The van der Waals surface area contributed by atoms with E-state index >= 15 is 0 Å². The van der Waals surface area contributed by atoms with Crippen LogP contribution in [0.1, 0.15) is 80.4 Å². The summed E-state index contributed by atoms with van der Waals surface area (Å²) in [5.41, 5.74) is 4.75. The highest BCUT2D eigenvalue weighted by atomic mass is 16.1. The molecule has 0 radical (unpaired) electrons. The molecule has 0 aromatic heterocycles. The van der Waals surface area contributed by atoms with Crippen molar-refractivity contribution >= 4 is 5.78 Å². The molecule has 118 valence electrons. The summed E-state index contributed by atoms with van der Waals surface area (Å²) in [7, 11) is 0. The smallest absolute Gasteiger partial charge is 0.160 e. The van der Waals surface area contributed by atoms with E-state index in [1.807, 2.05) is 13.8 Å². The number of aryl methyl sites for hydroxylation is 2. The van der Waals surface area contributed by atoms with Gasteiger partial charge in [0.05, 0.1) is 0 Å². The van der Waals surface area contributed by atoms with E-state index in [-0.39, 0.29) is 5.78 Å². The van der Waals surface area contributed by atoms with Crippen molar-refractivity contribution in [2.75, 3.05) is 0 Å². The molecule has 0 saturated heterocycles. The Balaban J connectivity index is 0.00000106. The van der Waals surface area contributed by atoms with Crippen LogP contribution in [0.25, 0.3) is 0 Å². The third-order valence-corrected chi connectivity index (χ3v) is 4.62. The van der Waals surface area contributed by atoms with E-state index in [1.54, 1.807) is 6.92 Å². The molecule has 1 nitrogen and oxygen atoms in total. The van der Waals surface area contributed by atoms with Crippen molar-refractivity contribution in [3.05, 3.63) is 34.4 Å². The molecule has 1 aromatic carbocycles. The molecule has 0 unspecified atom stereocenters. The molecule has 1 aromatic rings. The number of ketones is 1. The van der Waals surface area contributed by atoms with Gasteiger partial charge in [0.2, 0.25) is 0 Å². The maximum atomic E-state index is 11.9. The van der Waals surface area contributed by atoms with Crippen molar-refractivity contribution in [3.63, 3.8) is 0 Å². The first-order valence-electron chi connectivity index (χ1n) is 8.58. The summed E-state index contributed by atoms with van der Waals surface area (Å²) >= 11 is 0. The van der Waals surface area contributed by atoms with Crippen LogP contribution in [0.15, 0.2) is 12.1 Å². The summed E-state index contributed by atoms with van der Waals surface area (Å²) in [6.45, 7) is 12.3. The van der Waals surface area contributed by atoms with E-state index in [2.05, 4.69) is 32.9 Å². The molecule has 1 saturated carbocycles. The SMILES string of the molecule is CC.CC(=O)c1cc(C)cc(C)c1CC1CCC(C)CC1. The van der Waals surface area contributed by atoms with E-state index in [0.717, 1.165) is 23.8 Å². The van der Waals surface area contributed by atoms with Gasteiger partial charge < -0.3 is 0 Å². The highest BCUT2D eigenvalue weighted by Crippen LogP contribution is 2.32. The lowest BCUT2D eigenvalue weighted by Crippen LogP contribution is -2.16. The van der Waals surface area contributed by atoms with E-state index in [9.17, 15) is 4.79 Å². The topological polar surface area (TPSA) is 17.1 Å². The first-order chi connectivity index (χ1) is 9.97. The molecular formula is C20H32O. The average Bonchev–Trinajstić information content (AvgIpc) is 2.45. The van der Waals surface area contributed by atoms with Crippen molar-refractivity contribution in [1.82, 2.24) is 0 Å². The third-order valence-electron chi connectivity index (χ3n) is 4.62. The lowest BCUT2D eigenvalue weighted by atomic mass is 9.78. The fourth-order valence-electron chi connectivity index (χ4n) is 3.40. The highest BCUT2D eigenvalue weighted by Gasteiger charge is 2.21. The maximum absolute atomic E-state index is 11.9. The zero-order valence-corrected chi connectivity index (χ0v) is 14.8. The van der Waals surface area contributed by atoms with Crippen molar-refractivity contribution in [2.45, 2.75) is 73.6 Å². The van der Waals surface area contributed by atoms with Gasteiger partial charge in [-0.05, 0) is 69.1 Å². The van der Waals surface area contributed by atoms with Crippen molar-refractivity contribution in [2.24, 2.45) is 11.8 Å². The highest BCUT2D eigenvalue weighted by molar-refractivity contribution is 5.96. The Morgan fingerprint density at radius 3 is 2.19 bits per heavy atom. The predicted octanol–water partition coefficient (Wildman–Crippen LogP) is 5.90. The van der Waals surface area contributed by atoms with Crippen LogP contribution < -0.4 is 0 Å². The molecule has 0 bridgehead atoms. The van der Waals surface area contributed by atoms with Gasteiger partial charge in [0.25, 0.3) is 0 Å². The third kappa shape index (κ3) is 4.98. The summed E-state index contributed by atoms with van der Waals surface area (Å²) < 4.78 is 0. The van der Waals surface area contributed by atoms with Crippen LogP contribution in [0.5, 0.6) is 0 Å². The van der Waals surface area contributed by atoms with Crippen molar-refractivity contribution in [1.29, 1.82) is 0 Å². The normalized spacial score (nSPS) is 21.4. The molecule has 1 aliphatic carbocycles. The van der Waals surface area contributed by atoms with Crippen LogP contribution in [-0.2, 0) is 6.42 Å². The van der Waals surface area contributed by atoms with Gasteiger partial charge in [-0.3, -0.25) is 4.79 Å². The second kappa shape index (κ2) is 8.36. The zero-order valence-electron chi connectivity index (χ0n) is 14.8. The molecule has 0 heterocycles. The first-order valence-corrected chi connectivity index (χ1v) is 8.58. The second-order valence-electron chi connectivity index (χ2n) is 6.49. The number of rotatable bonds is 3. The number of carbonyl (C=O) groups excluding carboxylic acids is 1. The van der Waals surface area contributed by atoms with E-state index < -0.39 is 0 Å². The van der Waals surface area contributed by atoms with Gasteiger partial charge in [0.1, 0.15) is 0 Å². The minimum absolute atomic E-state index is 0.214. The predicted molar refractivity (Wildman–Crippen MR) is 92.1 cm³/mol. The summed E-state index contributed by atoms with van der Waals surface area (Å²) in [4.78, 5) is 11.9. The van der Waals surface area contributed by atoms with Gasteiger partial charge in [0.15, 0.2) is 5.78 Å². The van der Waals surface area contributed by atoms with Crippen LogP contribution in [0.3, 0.4) is 0 Å². The van der Waals surface area contributed by atoms with Crippen LogP contribution >= 0.6 is 0 Å². The summed E-state index contributed by atoms with van der Waals surface area (Å²) in [5, 5.41) is 0. The van der Waals surface area contributed by atoms with E-state index in [1.165, 1.54) is 42.4 Å². The molecular weight excluding hydrogens is 256 g/mol. The second-order valence-corrected chi connectivity index (χ2v) is 6.49. The minimum Gasteiger partial charge on any atom is -0.295 e. The number of benzene rings is 1. The van der Waals surface area contributed by atoms with E-state index in [4.69, 9.17) is 0 Å². The van der Waals surface area contributed by atoms with Crippen molar-refractivity contribution < 1.29 is 4.79 Å². The Labute approximate surface area is 131 Å². The van der Waals surface area contributed by atoms with Gasteiger partial charge in [-0.25, -0.2) is 0 Å². The first kappa shape index (κ1) is 17.9. The zero-order chi connectivity index (χ0) is 16.0. The standard InChI is InChI=1S/C18H26O.C2H6/c1-12-5-7-16(8-6-12)11-17-14(3)9-13(2)10-18(17)15(4)19;1-2/h9-10,12,16H,5-8,11H2,1-4H3;1-2H3.